The van der Waals surface area contributed by atoms with Crippen LogP contribution in [0.1, 0.15) is 35.2 Å². The van der Waals surface area contributed by atoms with Gasteiger partial charge in [-0.05, 0) is 28.5 Å². The third-order valence-electron chi connectivity index (χ3n) is 6.68. The second kappa shape index (κ2) is 7.58. The molecular formula is C27H26N2O. The van der Waals surface area contributed by atoms with Crippen molar-refractivity contribution in [2.75, 3.05) is 6.61 Å². The Morgan fingerprint density at radius 1 is 0.800 bits per heavy atom. The SMILES string of the molecule is CC1C(CO)C1c1cn(C(c2ccccc2)(c2ccccc2)c2ccccc2)cn1. The Kier molecular flexibility index (Phi) is 4.76. The van der Waals surface area contributed by atoms with Crippen molar-refractivity contribution in [3.63, 3.8) is 0 Å². The number of nitrogens with zero attached hydrogens (tertiary/aromatic N) is 2. The minimum absolute atomic E-state index is 0.222. The van der Waals surface area contributed by atoms with E-state index >= 15 is 0 Å². The molecule has 3 nitrogen and oxygen atoms in total. The summed E-state index contributed by atoms with van der Waals surface area (Å²) in [5.41, 5.74) is 4.10. The van der Waals surface area contributed by atoms with Gasteiger partial charge in [0.1, 0.15) is 5.54 Å². The predicted molar refractivity (Wildman–Crippen MR) is 119 cm³/mol. The van der Waals surface area contributed by atoms with Crippen LogP contribution in [0.2, 0.25) is 0 Å². The van der Waals surface area contributed by atoms with E-state index in [-0.39, 0.29) is 6.61 Å². The van der Waals surface area contributed by atoms with Crippen LogP contribution in [0.15, 0.2) is 104 Å². The Balaban J connectivity index is 1.76. The van der Waals surface area contributed by atoms with Gasteiger partial charge in [-0.2, -0.15) is 0 Å². The molecule has 1 fully saturated rings. The summed E-state index contributed by atoms with van der Waals surface area (Å²) < 4.78 is 2.25. The van der Waals surface area contributed by atoms with Crippen molar-refractivity contribution in [1.82, 2.24) is 9.55 Å². The second-order valence-corrected chi connectivity index (χ2v) is 8.25. The summed E-state index contributed by atoms with van der Waals surface area (Å²) in [7, 11) is 0. The highest BCUT2D eigenvalue weighted by atomic mass is 16.3. The van der Waals surface area contributed by atoms with Gasteiger partial charge >= 0.3 is 0 Å². The standard InChI is InChI=1S/C27H26N2O/c1-20-24(18-30)26(20)25-17-29(19-28-25)27(21-11-5-2-6-12-21,22-13-7-3-8-14-22)23-15-9-4-10-16-23/h2-17,19-20,24,26,30H,18H2,1H3. The predicted octanol–water partition coefficient (Wildman–Crippen LogP) is 5.07. The van der Waals surface area contributed by atoms with Gasteiger partial charge < -0.3 is 9.67 Å². The molecule has 3 atom stereocenters. The summed E-state index contributed by atoms with van der Waals surface area (Å²) in [6.45, 7) is 2.42. The molecule has 1 heterocycles. The Labute approximate surface area is 177 Å². The molecule has 1 aliphatic rings. The molecule has 0 amide bonds. The van der Waals surface area contributed by atoms with E-state index in [0.717, 1.165) is 5.69 Å². The Bertz CT molecular complexity index is 1010. The number of benzene rings is 3. The van der Waals surface area contributed by atoms with Crippen LogP contribution in [0.4, 0.5) is 0 Å². The highest BCUT2D eigenvalue weighted by Crippen LogP contribution is 2.53. The molecule has 1 aromatic heterocycles. The highest BCUT2D eigenvalue weighted by molar-refractivity contribution is 5.50. The first-order valence-electron chi connectivity index (χ1n) is 10.6. The fraction of sp³-hybridized carbons (Fsp3) is 0.222. The van der Waals surface area contributed by atoms with Crippen molar-refractivity contribution in [1.29, 1.82) is 0 Å². The normalized spacial score (nSPS) is 20.8. The monoisotopic (exact) mass is 394 g/mol. The molecule has 0 aliphatic heterocycles. The quantitative estimate of drug-likeness (QED) is 0.464. The van der Waals surface area contributed by atoms with E-state index in [1.165, 1.54) is 16.7 Å². The molecule has 150 valence electrons. The summed E-state index contributed by atoms with van der Waals surface area (Å²) in [4.78, 5) is 4.82. The average molecular weight is 395 g/mol. The molecule has 1 aliphatic carbocycles. The highest BCUT2D eigenvalue weighted by Gasteiger charge is 2.49. The first-order valence-corrected chi connectivity index (χ1v) is 10.6. The summed E-state index contributed by atoms with van der Waals surface area (Å²) >= 11 is 0. The molecule has 1 N–H and O–H groups in total. The molecule has 30 heavy (non-hydrogen) atoms. The van der Waals surface area contributed by atoms with E-state index in [2.05, 4.69) is 109 Å². The van der Waals surface area contributed by atoms with Crippen LogP contribution in [-0.4, -0.2) is 21.3 Å². The van der Waals surface area contributed by atoms with Gasteiger partial charge in [-0.15, -0.1) is 0 Å². The maximum atomic E-state index is 9.67. The lowest BCUT2D eigenvalue weighted by Crippen LogP contribution is -2.36. The van der Waals surface area contributed by atoms with E-state index in [4.69, 9.17) is 4.98 Å². The molecule has 5 rings (SSSR count). The van der Waals surface area contributed by atoms with Crippen molar-refractivity contribution in [2.45, 2.75) is 18.4 Å². The van der Waals surface area contributed by atoms with Gasteiger partial charge in [0.2, 0.25) is 0 Å². The molecule has 0 radical (unpaired) electrons. The summed E-state index contributed by atoms with van der Waals surface area (Å²) in [6, 6.07) is 31.9. The third kappa shape index (κ3) is 2.89. The minimum atomic E-state index is -0.526. The van der Waals surface area contributed by atoms with Crippen LogP contribution in [0.3, 0.4) is 0 Å². The van der Waals surface area contributed by atoms with Crippen LogP contribution in [0, 0.1) is 11.8 Å². The van der Waals surface area contributed by atoms with Crippen LogP contribution in [-0.2, 0) is 5.54 Å². The maximum Gasteiger partial charge on any atom is 0.121 e. The van der Waals surface area contributed by atoms with Crippen molar-refractivity contribution in [2.24, 2.45) is 11.8 Å². The molecule has 0 saturated heterocycles. The largest absolute Gasteiger partial charge is 0.396 e. The fourth-order valence-electron chi connectivity index (χ4n) is 4.99. The molecule has 4 aromatic rings. The number of aliphatic hydroxyl groups excluding tert-OH is 1. The first kappa shape index (κ1) is 18.8. The lowest BCUT2D eigenvalue weighted by molar-refractivity contribution is 0.268. The summed E-state index contributed by atoms with van der Waals surface area (Å²) in [5, 5.41) is 9.67. The Morgan fingerprint density at radius 3 is 1.67 bits per heavy atom. The fourth-order valence-corrected chi connectivity index (χ4v) is 4.99. The summed E-state index contributed by atoms with van der Waals surface area (Å²) in [5.74, 6) is 1.11. The van der Waals surface area contributed by atoms with Gasteiger partial charge in [0, 0.05) is 18.7 Å². The van der Waals surface area contributed by atoms with Gasteiger partial charge in [0.05, 0.1) is 12.0 Å². The van der Waals surface area contributed by atoms with E-state index in [1.54, 1.807) is 0 Å². The van der Waals surface area contributed by atoms with Crippen molar-refractivity contribution >= 4 is 0 Å². The zero-order chi connectivity index (χ0) is 20.6. The molecule has 3 aromatic carbocycles. The van der Waals surface area contributed by atoms with Gasteiger partial charge in [-0.25, -0.2) is 4.98 Å². The first-order chi connectivity index (χ1) is 14.8. The number of aliphatic hydroxyl groups is 1. The van der Waals surface area contributed by atoms with Gasteiger partial charge in [0.25, 0.3) is 0 Å². The maximum absolute atomic E-state index is 9.67. The van der Waals surface area contributed by atoms with Crippen LogP contribution in [0.25, 0.3) is 0 Å². The number of imidazole rings is 1. The number of hydrogen-bond acceptors (Lipinski definition) is 2. The van der Waals surface area contributed by atoms with Crippen LogP contribution < -0.4 is 0 Å². The molecule has 1 saturated carbocycles. The van der Waals surface area contributed by atoms with Crippen LogP contribution in [0.5, 0.6) is 0 Å². The molecule has 0 spiro atoms. The van der Waals surface area contributed by atoms with E-state index < -0.39 is 5.54 Å². The van der Waals surface area contributed by atoms with E-state index in [9.17, 15) is 5.11 Å². The summed E-state index contributed by atoms with van der Waals surface area (Å²) in [6.07, 6.45) is 4.14. The molecular weight excluding hydrogens is 368 g/mol. The van der Waals surface area contributed by atoms with Crippen molar-refractivity contribution in [3.05, 3.63) is 126 Å². The lowest BCUT2D eigenvalue weighted by Gasteiger charge is -2.37. The molecule has 3 unspecified atom stereocenters. The number of rotatable bonds is 6. The Morgan fingerprint density at radius 2 is 1.27 bits per heavy atom. The zero-order valence-corrected chi connectivity index (χ0v) is 17.1. The smallest absolute Gasteiger partial charge is 0.121 e. The average Bonchev–Trinajstić information content (AvgIpc) is 3.22. The lowest BCUT2D eigenvalue weighted by atomic mass is 9.77. The zero-order valence-electron chi connectivity index (χ0n) is 17.1. The van der Waals surface area contributed by atoms with Crippen molar-refractivity contribution < 1.29 is 5.11 Å². The van der Waals surface area contributed by atoms with E-state index in [1.807, 2.05) is 6.33 Å². The van der Waals surface area contributed by atoms with Gasteiger partial charge in [-0.1, -0.05) is 97.9 Å². The van der Waals surface area contributed by atoms with E-state index in [0.29, 0.717) is 17.8 Å². The topological polar surface area (TPSA) is 38.0 Å². The third-order valence-corrected chi connectivity index (χ3v) is 6.68. The molecule has 0 bridgehead atoms. The number of aromatic nitrogens is 2. The second-order valence-electron chi connectivity index (χ2n) is 8.25. The number of hydrogen-bond donors (Lipinski definition) is 1. The Hall–Kier alpha value is -3.17. The minimum Gasteiger partial charge on any atom is -0.396 e. The van der Waals surface area contributed by atoms with Gasteiger partial charge in [0.15, 0.2) is 0 Å². The van der Waals surface area contributed by atoms with Crippen molar-refractivity contribution in [3.8, 4) is 0 Å². The van der Waals surface area contributed by atoms with Crippen LogP contribution >= 0.6 is 0 Å². The molecule has 3 heteroatoms. The van der Waals surface area contributed by atoms with Gasteiger partial charge in [-0.3, -0.25) is 0 Å².